The number of rotatable bonds is 11. The van der Waals surface area contributed by atoms with E-state index in [1.807, 2.05) is 0 Å². The van der Waals surface area contributed by atoms with Gasteiger partial charge < -0.3 is 14.9 Å². The Bertz CT molecular complexity index is 284. The maximum absolute atomic E-state index is 10.5. The van der Waals surface area contributed by atoms with E-state index in [9.17, 15) is 9.90 Å². The largest absolute Gasteiger partial charge is 0.480 e. The molecule has 0 fully saturated rings. The van der Waals surface area contributed by atoms with Crippen LogP contribution in [0, 0.1) is 0 Å². The lowest BCUT2D eigenvalue weighted by atomic mass is 10.3. The average Bonchev–Trinajstić information content (AvgIpc) is 2.26. The summed E-state index contributed by atoms with van der Waals surface area (Å²) >= 11 is 0. The maximum Gasteiger partial charge on any atom is 0.317 e. The lowest BCUT2D eigenvalue weighted by molar-refractivity contribution is -0.138. The second kappa shape index (κ2) is 9.60. The van der Waals surface area contributed by atoms with Gasteiger partial charge in [-0.2, -0.15) is 0 Å². The zero-order valence-electron chi connectivity index (χ0n) is 13.5. The van der Waals surface area contributed by atoms with Crippen molar-refractivity contribution >= 4 is 16.0 Å². The number of carbonyl (C=O) groups is 1. The smallest absolute Gasteiger partial charge is 0.317 e. The second-order valence-electron chi connectivity index (χ2n) is 6.05. The molecule has 2 N–H and O–H groups in total. The van der Waals surface area contributed by atoms with Gasteiger partial charge >= 0.3 is 5.97 Å². The molecule has 0 aromatic carbocycles. The molecule has 0 saturated heterocycles. The van der Waals surface area contributed by atoms with Crippen molar-refractivity contribution in [2.45, 2.75) is 31.6 Å². The molecule has 0 radical (unpaired) electrons. The monoisotopic (exact) mass is 309 g/mol. The first kappa shape index (κ1) is 19.7. The van der Waals surface area contributed by atoms with E-state index >= 15 is 0 Å². The molecule has 0 amide bonds. The summed E-state index contributed by atoms with van der Waals surface area (Å²) in [6, 6.07) is 0. The molecule has 20 heavy (non-hydrogen) atoms. The van der Waals surface area contributed by atoms with Gasteiger partial charge in [0.1, 0.15) is 0 Å². The van der Waals surface area contributed by atoms with Crippen molar-refractivity contribution in [1.29, 1.82) is 0 Å². The van der Waals surface area contributed by atoms with Gasteiger partial charge in [0.25, 0.3) is 0 Å². The molecular formula is C14H31NO4S. The Kier molecular flexibility index (Phi) is 9.46. The van der Waals surface area contributed by atoms with Crippen LogP contribution in [-0.4, -0.2) is 84.1 Å². The minimum Gasteiger partial charge on any atom is -0.480 e. The van der Waals surface area contributed by atoms with Crippen molar-refractivity contribution in [3.63, 3.8) is 0 Å². The molecule has 0 aromatic rings. The summed E-state index contributed by atoms with van der Waals surface area (Å²) < 4.78 is 5.47. The molecule has 122 valence electrons. The van der Waals surface area contributed by atoms with Crippen LogP contribution in [0.25, 0.3) is 0 Å². The zero-order chi connectivity index (χ0) is 15.8. The molecule has 6 heteroatoms. The number of hydrogen-bond acceptors (Lipinski definition) is 4. The predicted molar refractivity (Wildman–Crippen MR) is 86.0 cm³/mol. The highest BCUT2D eigenvalue weighted by molar-refractivity contribution is 8.33. The molecule has 5 nitrogen and oxygen atoms in total. The van der Waals surface area contributed by atoms with Crippen molar-refractivity contribution in [1.82, 2.24) is 4.90 Å². The SMILES string of the molecule is CC(C)S(C)(C)CCCOCC(O)CN(C)CC(=O)O. The fourth-order valence-electron chi connectivity index (χ4n) is 1.70. The third-order valence-corrected chi connectivity index (χ3v) is 7.37. The summed E-state index contributed by atoms with van der Waals surface area (Å²) in [5.74, 6) is 0.291. The predicted octanol–water partition coefficient (Wildman–Crippen LogP) is 1.24. The van der Waals surface area contributed by atoms with E-state index in [1.165, 1.54) is 5.75 Å². The van der Waals surface area contributed by atoms with E-state index in [1.54, 1.807) is 11.9 Å². The van der Waals surface area contributed by atoms with E-state index in [0.29, 0.717) is 13.2 Å². The fraction of sp³-hybridized carbons (Fsp3) is 0.929. The summed E-state index contributed by atoms with van der Waals surface area (Å²) in [6.45, 7) is 5.69. The van der Waals surface area contributed by atoms with Crippen LogP contribution in [-0.2, 0) is 9.53 Å². The van der Waals surface area contributed by atoms with Crippen molar-refractivity contribution in [3.8, 4) is 0 Å². The topological polar surface area (TPSA) is 70.0 Å². The van der Waals surface area contributed by atoms with Gasteiger partial charge in [-0.15, -0.1) is 0 Å². The van der Waals surface area contributed by atoms with Crippen molar-refractivity contribution in [2.24, 2.45) is 0 Å². The number of carboxylic acid groups (broad SMARTS) is 1. The van der Waals surface area contributed by atoms with Crippen LogP contribution in [0.2, 0.25) is 0 Å². The van der Waals surface area contributed by atoms with Gasteiger partial charge in [-0.25, -0.2) is 10.0 Å². The third-order valence-electron chi connectivity index (χ3n) is 3.47. The molecule has 0 heterocycles. The number of carboxylic acids is 1. The quantitative estimate of drug-likeness (QED) is 0.562. The summed E-state index contributed by atoms with van der Waals surface area (Å²) in [7, 11) is 1.13. The Morgan fingerprint density at radius 2 is 1.95 bits per heavy atom. The Balaban J connectivity index is 3.67. The van der Waals surface area contributed by atoms with Gasteiger partial charge in [0.05, 0.1) is 19.3 Å². The molecular weight excluding hydrogens is 278 g/mol. The number of aliphatic hydroxyl groups is 1. The highest BCUT2D eigenvalue weighted by Gasteiger charge is 2.16. The van der Waals surface area contributed by atoms with Crippen LogP contribution in [0.15, 0.2) is 0 Å². The van der Waals surface area contributed by atoms with Gasteiger partial charge in [0.2, 0.25) is 0 Å². The second-order valence-corrected chi connectivity index (χ2v) is 10.6. The molecule has 0 saturated carbocycles. The lowest BCUT2D eigenvalue weighted by Gasteiger charge is -2.35. The molecule has 0 aliphatic heterocycles. The summed E-state index contributed by atoms with van der Waals surface area (Å²) in [6.07, 6.45) is 5.06. The molecule has 0 aliphatic rings. The van der Waals surface area contributed by atoms with Crippen molar-refractivity contribution < 1.29 is 19.7 Å². The Hall–Kier alpha value is -0.300. The van der Waals surface area contributed by atoms with Crippen LogP contribution in [0.1, 0.15) is 20.3 Å². The fourth-order valence-corrected chi connectivity index (χ4v) is 3.03. The molecule has 0 rings (SSSR count). The highest BCUT2D eigenvalue weighted by Crippen LogP contribution is 2.45. The van der Waals surface area contributed by atoms with E-state index in [4.69, 9.17) is 9.84 Å². The van der Waals surface area contributed by atoms with Gasteiger partial charge in [-0.1, -0.05) is 13.8 Å². The van der Waals surface area contributed by atoms with Gasteiger partial charge in [0.15, 0.2) is 0 Å². The van der Waals surface area contributed by atoms with Crippen LogP contribution < -0.4 is 0 Å². The summed E-state index contributed by atoms with van der Waals surface area (Å²) in [5.41, 5.74) is 0. The van der Waals surface area contributed by atoms with Gasteiger partial charge in [0, 0.05) is 13.2 Å². The minimum absolute atomic E-state index is 0.0665. The lowest BCUT2D eigenvalue weighted by Crippen LogP contribution is -2.35. The Morgan fingerprint density at radius 3 is 2.45 bits per heavy atom. The van der Waals surface area contributed by atoms with E-state index in [0.717, 1.165) is 11.7 Å². The van der Waals surface area contributed by atoms with E-state index < -0.39 is 22.1 Å². The number of ether oxygens (including phenoxy) is 1. The molecule has 0 spiro atoms. The number of aliphatic carboxylic acids is 1. The number of hydrogen-bond donors (Lipinski definition) is 2. The highest BCUT2D eigenvalue weighted by atomic mass is 32.3. The minimum atomic E-state index is -0.889. The zero-order valence-corrected chi connectivity index (χ0v) is 14.3. The summed E-state index contributed by atoms with van der Waals surface area (Å²) in [5, 5.41) is 19.1. The average molecular weight is 309 g/mol. The first-order valence-corrected chi connectivity index (χ1v) is 9.69. The first-order valence-electron chi connectivity index (χ1n) is 7.01. The third kappa shape index (κ3) is 9.58. The molecule has 0 bridgehead atoms. The molecule has 0 aromatic heterocycles. The van der Waals surface area contributed by atoms with Crippen LogP contribution in [0.5, 0.6) is 0 Å². The van der Waals surface area contributed by atoms with Crippen molar-refractivity contribution in [3.05, 3.63) is 0 Å². The normalized spacial score (nSPS) is 14.8. The van der Waals surface area contributed by atoms with Gasteiger partial charge in [-0.3, -0.25) is 9.69 Å². The molecule has 1 unspecified atom stereocenters. The first-order chi connectivity index (χ1) is 9.15. The van der Waals surface area contributed by atoms with Crippen LogP contribution >= 0.6 is 10.0 Å². The van der Waals surface area contributed by atoms with E-state index in [-0.39, 0.29) is 13.2 Å². The van der Waals surface area contributed by atoms with Crippen LogP contribution in [0.4, 0.5) is 0 Å². The Morgan fingerprint density at radius 1 is 1.35 bits per heavy atom. The number of nitrogens with zero attached hydrogens (tertiary/aromatic N) is 1. The summed E-state index contributed by atoms with van der Waals surface area (Å²) in [4.78, 5) is 12.1. The number of aliphatic hydroxyl groups excluding tert-OH is 1. The van der Waals surface area contributed by atoms with Crippen LogP contribution in [0.3, 0.4) is 0 Å². The molecule has 0 aliphatic carbocycles. The van der Waals surface area contributed by atoms with E-state index in [2.05, 4.69) is 26.4 Å². The standard InChI is InChI=1S/C14H31NO4S/c1-12(2)20(4,5)8-6-7-19-11-13(16)9-15(3)10-14(17)18/h12-13,16H,6-11H2,1-5H3,(H,17,18). The van der Waals surface area contributed by atoms with Crippen molar-refractivity contribution in [2.75, 3.05) is 51.6 Å². The maximum atomic E-state index is 10.5. The van der Waals surface area contributed by atoms with Gasteiger partial charge in [-0.05, 0) is 37.0 Å². The molecule has 1 atom stereocenters. The number of likely N-dealkylation sites (N-methyl/N-ethyl adjacent to an activating group) is 1. The Labute approximate surface area is 124 Å².